The van der Waals surface area contributed by atoms with Crippen LogP contribution in [0.1, 0.15) is 40.7 Å². The van der Waals surface area contributed by atoms with Crippen molar-refractivity contribution in [3.05, 3.63) is 69.7 Å². The number of ether oxygens (including phenoxy) is 1. The summed E-state index contributed by atoms with van der Waals surface area (Å²) in [7, 11) is 0. The van der Waals surface area contributed by atoms with Crippen molar-refractivity contribution in [3.63, 3.8) is 0 Å². The fourth-order valence-electron chi connectivity index (χ4n) is 3.05. The third-order valence-electron chi connectivity index (χ3n) is 4.38. The maximum absolute atomic E-state index is 12.2. The van der Waals surface area contributed by atoms with Crippen molar-refractivity contribution in [2.45, 2.75) is 32.4 Å². The molecule has 2 aromatic rings. The summed E-state index contributed by atoms with van der Waals surface area (Å²) < 4.78 is 6.40. The first-order valence-corrected chi connectivity index (χ1v) is 9.23. The summed E-state index contributed by atoms with van der Waals surface area (Å²) in [4.78, 5) is 14.7. The van der Waals surface area contributed by atoms with Gasteiger partial charge in [-0.05, 0) is 55.3 Å². The van der Waals surface area contributed by atoms with Gasteiger partial charge in [0.05, 0.1) is 5.56 Å². The number of nitrogens with zero attached hydrogens (tertiary/aromatic N) is 1. The summed E-state index contributed by atoms with van der Waals surface area (Å²) in [6.45, 7) is 3.57. The van der Waals surface area contributed by atoms with E-state index in [1.54, 1.807) is 12.1 Å². The van der Waals surface area contributed by atoms with Gasteiger partial charge in [0.25, 0.3) is 0 Å². The highest BCUT2D eigenvalue weighted by Crippen LogP contribution is 2.18. The number of hydrogen-bond acceptors (Lipinski definition) is 3. The number of esters is 1. The van der Waals surface area contributed by atoms with E-state index in [0.717, 1.165) is 29.7 Å². The number of hydrogen-bond donors (Lipinski definition) is 0. The molecule has 0 aliphatic carbocycles. The Morgan fingerprint density at radius 3 is 2.50 bits per heavy atom. The van der Waals surface area contributed by atoms with Crippen LogP contribution >= 0.6 is 15.9 Å². The normalized spacial score (nSPS) is 15.2. The van der Waals surface area contributed by atoms with Gasteiger partial charge in [0.15, 0.2) is 0 Å². The first kappa shape index (κ1) is 17.2. The molecule has 1 heterocycles. The first-order chi connectivity index (χ1) is 11.7. The third-order valence-corrected chi connectivity index (χ3v) is 4.87. The Labute approximate surface area is 151 Å². The van der Waals surface area contributed by atoms with Crippen LogP contribution < -0.4 is 0 Å². The van der Waals surface area contributed by atoms with Crippen LogP contribution in [-0.4, -0.2) is 24.0 Å². The van der Waals surface area contributed by atoms with Crippen LogP contribution in [0.2, 0.25) is 0 Å². The summed E-state index contributed by atoms with van der Waals surface area (Å²) in [5.41, 5.74) is 2.91. The van der Waals surface area contributed by atoms with Crippen LogP contribution in [0.25, 0.3) is 0 Å². The van der Waals surface area contributed by atoms with Crippen molar-refractivity contribution >= 4 is 21.9 Å². The van der Waals surface area contributed by atoms with Crippen LogP contribution in [-0.2, 0) is 17.9 Å². The molecule has 0 amide bonds. The molecule has 1 aliphatic rings. The van der Waals surface area contributed by atoms with Gasteiger partial charge in [0.1, 0.15) is 6.61 Å². The predicted molar refractivity (Wildman–Crippen MR) is 98.8 cm³/mol. The van der Waals surface area contributed by atoms with Gasteiger partial charge >= 0.3 is 5.97 Å². The van der Waals surface area contributed by atoms with Gasteiger partial charge in [0.2, 0.25) is 0 Å². The average molecular weight is 388 g/mol. The molecule has 0 saturated carbocycles. The fraction of sp³-hybridized carbons (Fsp3) is 0.350. The van der Waals surface area contributed by atoms with E-state index in [2.05, 4.69) is 33.0 Å². The zero-order valence-electron chi connectivity index (χ0n) is 13.7. The highest BCUT2D eigenvalue weighted by molar-refractivity contribution is 9.10. The lowest BCUT2D eigenvalue weighted by Gasteiger charge is -2.27. The second-order valence-electron chi connectivity index (χ2n) is 6.19. The molecule has 0 aromatic heterocycles. The van der Waals surface area contributed by atoms with Crippen LogP contribution in [0, 0.1) is 0 Å². The Kier molecular flexibility index (Phi) is 6.05. The van der Waals surface area contributed by atoms with E-state index in [1.165, 1.54) is 24.8 Å². The Morgan fingerprint density at radius 1 is 1.00 bits per heavy atom. The summed E-state index contributed by atoms with van der Waals surface area (Å²) in [5, 5.41) is 0. The van der Waals surface area contributed by atoms with Gasteiger partial charge in [-0.2, -0.15) is 0 Å². The number of likely N-dealkylation sites (tertiary alicyclic amines) is 1. The summed E-state index contributed by atoms with van der Waals surface area (Å²) >= 11 is 3.38. The number of benzene rings is 2. The van der Waals surface area contributed by atoms with Crippen LogP contribution in [0.5, 0.6) is 0 Å². The predicted octanol–water partition coefficient (Wildman–Crippen LogP) is 4.79. The maximum Gasteiger partial charge on any atom is 0.338 e. The lowest BCUT2D eigenvalue weighted by Crippen LogP contribution is -2.29. The van der Waals surface area contributed by atoms with Gasteiger partial charge in [-0.15, -0.1) is 0 Å². The largest absolute Gasteiger partial charge is 0.457 e. The van der Waals surface area contributed by atoms with E-state index < -0.39 is 0 Å². The molecule has 1 fully saturated rings. The summed E-state index contributed by atoms with van der Waals surface area (Å²) in [5.74, 6) is -0.288. The quantitative estimate of drug-likeness (QED) is 0.690. The van der Waals surface area contributed by atoms with Crippen LogP contribution in [0.4, 0.5) is 0 Å². The number of carbonyl (C=O) groups excluding carboxylic acids is 1. The SMILES string of the molecule is O=C(OCc1ccccc1CN1CCCCC1)c1cccc(Br)c1. The fourth-order valence-corrected chi connectivity index (χ4v) is 3.45. The Balaban J connectivity index is 1.63. The van der Waals surface area contributed by atoms with Gasteiger partial charge < -0.3 is 4.74 Å². The molecule has 24 heavy (non-hydrogen) atoms. The molecular weight excluding hydrogens is 366 g/mol. The molecule has 0 bridgehead atoms. The second kappa shape index (κ2) is 8.45. The number of rotatable bonds is 5. The van der Waals surface area contributed by atoms with Gasteiger partial charge in [-0.3, -0.25) is 4.90 Å². The molecule has 0 spiro atoms. The van der Waals surface area contributed by atoms with Gasteiger partial charge in [0, 0.05) is 11.0 Å². The van der Waals surface area contributed by atoms with Gasteiger partial charge in [-0.25, -0.2) is 4.79 Å². The highest BCUT2D eigenvalue weighted by atomic mass is 79.9. The third kappa shape index (κ3) is 4.68. The molecule has 3 nitrogen and oxygen atoms in total. The van der Waals surface area contributed by atoms with Crippen LogP contribution in [0.3, 0.4) is 0 Å². The molecule has 1 aliphatic heterocycles. The zero-order valence-corrected chi connectivity index (χ0v) is 15.3. The highest BCUT2D eigenvalue weighted by Gasteiger charge is 2.14. The summed E-state index contributed by atoms with van der Waals surface area (Å²) in [6, 6.07) is 15.5. The smallest absolute Gasteiger partial charge is 0.338 e. The molecule has 126 valence electrons. The van der Waals surface area contributed by atoms with E-state index >= 15 is 0 Å². The minimum absolute atomic E-state index is 0.288. The average Bonchev–Trinajstić information content (AvgIpc) is 2.61. The molecule has 3 rings (SSSR count). The molecule has 4 heteroatoms. The minimum atomic E-state index is -0.288. The number of carbonyl (C=O) groups is 1. The topological polar surface area (TPSA) is 29.5 Å². The molecular formula is C20H22BrNO2. The monoisotopic (exact) mass is 387 g/mol. The Morgan fingerprint density at radius 2 is 1.75 bits per heavy atom. The van der Waals surface area contributed by atoms with E-state index in [9.17, 15) is 4.79 Å². The van der Waals surface area contributed by atoms with E-state index in [4.69, 9.17) is 4.74 Å². The first-order valence-electron chi connectivity index (χ1n) is 8.44. The Bertz CT molecular complexity index is 696. The standard InChI is InChI=1S/C20H22BrNO2/c21-19-10-6-9-16(13-19)20(23)24-15-18-8-3-2-7-17(18)14-22-11-4-1-5-12-22/h2-3,6-10,13H,1,4-5,11-12,14-15H2. The number of halogens is 1. The van der Waals surface area contributed by atoms with Crippen molar-refractivity contribution < 1.29 is 9.53 Å². The van der Waals surface area contributed by atoms with E-state index in [0.29, 0.717) is 12.2 Å². The molecule has 0 N–H and O–H groups in total. The molecule has 0 unspecified atom stereocenters. The lowest BCUT2D eigenvalue weighted by atomic mass is 10.1. The Hall–Kier alpha value is -1.65. The van der Waals surface area contributed by atoms with E-state index in [1.807, 2.05) is 24.3 Å². The number of piperidine rings is 1. The minimum Gasteiger partial charge on any atom is -0.457 e. The van der Waals surface area contributed by atoms with Crippen molar-refractivity contribution in [3.8, 4) is 0 Å². The van der Waals surface area contributed by atoms with Crippen LogP contribution in [0.15, 0.2) is 53.0 Å². The van der Waals surface area contributed by atoms with Gasteiger partial charge in [-0.1, -0.05) is 52.7 Å². The van der Waals surface area contributed by atoms with Crippen molar-refractivity contribution in [2.75, 3.05) is 13.1 Å². The van der Waals surface area contributed by atoms with Crippen molar-refractivity contribution in [1.29, 1.82) is 0 Å². The molecule has 1 saturated heterocycles. The van der Waals surface area contributed by atoms with Crippen molar-refractivity contribution in [1.82, 2.24) is 4.90 Å². The summed E-state index contributed by atoms with van der Waals surface area (Å²) in [6.07, 6.45) is 3.89. The lowest BCUT2D eigenvalue weighted by molar-refractivity contribution is 0.0470. The molecule has 2 aromatic carbocycles. The van der Waals surface area contributed by atoms with E-state index in [-0.39, 0.29) is 5.97 Å². The second-order valence-corrected chi connectivity index (χ2v) is 7.11. The maximum atomic E-state index is 12.2. The van der Waals surface area contributed by atoms with Crippen molar-refractivity contribution in [2.24, 2.45) is 0 Å². The zero-order chi connectivity index (χ0) is 16.8. The molecule has 0 radical (unpaired) electrons. The molecule has 0 atom stereocenters.